The fourth-order valence-electron chi connectivity index (χ4n) is 2.56. The van der Waals surface area contributed by atoms with E-state index >= 15 is 0 Å². The van der Waals surface area contributed by atoms with E-state index in [1.807, 2.05) is 0 Å². The summed E-state index contributed by atoms with van der Waals surface area (Å²) in [6.45, 7) is 1.79. The average molecular weight is 433 g/mol. The van der Waals surface area contributed by atoms with Gasteiger partial charge in [0.2, 0.25) is 10.0 Å². The lowest BCUT2D eigenvalue weighted by molar-refractivity contribution is 0.103. The zero-order valence-electron chi connectivity index (χ0n) is 16.3. The number of rotatable bonds is 6. The molecule has 1 heterocycles. The number of hydrogen-bond acceptors (Lipinski definition) is 7. The standard InChI is InChI=1S/C19H20N4O4S2/c1-12-5-10-15(29(25,26)23(2)3)11-16(12)20-19(24)18-17(21-22-28-18)13-6-8-14(27-4)9-7-13/h5-11H,1-4H3,(H,20,24). The third-order valence-electron chi connectivity index (χ3n) is 4.29. The van der Waals surface area contributed by atoms with Gasteiger partial charge in [0, 0.05) is 25.3 Å². The number of aryl methyl sites for hydroxylation is 1. The highest BCUT2D eigenvalue weighted by Crippen LogP contribution is 2.28. The summed E-state index contributed by atoms with van der Waals surface area (Å²) in [7, 11) is 0.871. The number of carbonyl (C=O) groups is 1. The number of nitrogens with one attached hydrogen (secondary N) is 1. The highest BCUT2D eigenvalue weighted by molar-refractivity contribution is 7.89. The van der Waals surface area contributed by atoms with Gasteiger partial charge < -0.3 is 10.1 Å². The number of amides is 1. The van der Waals surface area contributed by atoms with Crippen LogP contribution in [0.3, 0.4) is 0 Å². The first kappa shape index (κ1) is 20.9. The van der Waals surface area contributed by atoms with E-state index in [0.717, 1.165) is 27.0 Å². The molecule has 1 aromatic heterocycles. The average Bonchev–Trinajstić information content (AvgIpc) is 3.19. The number of anilines is 1. The van der Waals surface area contributed by atoms with Crippen LogP contribution in [0.4, 0.5) is 5.69 Å². The summed E-state index contributed by atoms with van der Waals surface area (Å²) in [6, 6.07) is 11.7. The molecular formula is C19H20N4O4S2. The fraction of sp³-hybridized carbons (Fsp3) is 0.211. The Morgan fingerprint density at radius 2 is 1.83 bits per heavy atom. The highest BCUT2D eigenvalue weighted by atomic mass is 32.2. The molecule has 3 rings (SSSR count). The van der Waals surface area contributed by atoms with Crippen molar-refractivity contribution in [1.29, 1.82) is 0 Å². The van der Waals surface area contributed by atoms with Gasteiger partial charge in [-0.05, 0) is 60.4 Å². The Kier molecular flexibility index (Phi) is 5.96. The molecule has 1 amide bonds. The Morgan fingerprint density at radius 3 is 2.45 bits per heavy atom. The molecular weight excluding hydrogens is 412 g/mol. The lowest BCUT2D eigenvalue weighted by Crippen LogP contribution is -2.22. The van der Waals surface area contributed by atoms with Crippen LogP contribution < -0.4 is 10.1 Å². The van der Waals surface area contributed by atoms with Crippen molar-refractivity contribution in [3.63, 3.8) is 0 Å². The highest BCUT2D eigenvalue weighted by Gasteiger charge is 2.21. The molecule has 0 aliphatic carbocycles. The predicted octanol–water partition coefficient (Wildman–Crippen LogP) is 3.02. The number of benzene rings is 2. The molecule has 0 atom stereocenters. The predicted molar refractivity (Wildman–Crippen MR) is 112 cm³/mol. The molecule has 8 nitrogen and oxygen atoms in total. The molecule has 2 aromatic carbocycles. The van der Waals surface area contributed by atoms with Crippen molar-refractivity contribution in [2.75, 3.05) is 26.5 Å². The zero-order chi connectivity index (χ0) is 21.2. The van der Waals surface area contributed by atoms with Gasteiger partial charge in [-0.2, -0.15) is 0 Å². The van der Waals surface area contributed by atoms with E-state index in [2.05, 4.69) is 14.9 Å². The Hall–Kier alpha value is -2.82. The van der Waals surface area contributed by atoms with Crippen molar-refractivity contribution in [3.8, 4) is 17.0 Å². The van der Waals surface area contributed by atoms with Gasteiger partial charge in [-0.15, -0.1) is 5.10 Å². The SMILES string of the molecule is COc1ccc(-c2nnsc2C(=O)Nc2cc(S(=O)(=O)N(C)C)ccc2C)cc1. The Labute approximate surface area is 173 Å². The van der Waals surface area contributed by atoms with Gasteiger partial charge in [-0.25, -0.2) is 12.7 Å². The third kappa shape index (κ3) is 4.29. The Morgan fingerprint density at radius 1 is 1.14 bits per heavy atom. The van der Waals surface area contributed by atoms with E-state index in [4.69, 9.17) is 4.74 Å². The summed E-state index contributed by atoms with van der Waals surface area (Å²) in [5, 5.41) is 6.85. The summed E-state index contributed by atoms with van der Waals surface area (Å²) >= 11 is 0.971. The molecule has 0 radical (unpaired) electrons. The van der Waals surface area contributed by atoms with Crippen LogP contribution in [0.5, 0.6) is 5.75 Å². The van der Waals surface area contributed by atoms with Crippen LogP contribution >= 0.6 is 11.5 Å². The number of aromatic nitrogens is 2. The number of methoxy groups -OCH3 is 1. The van der Waals surface area contributed by atoms with Crippen LogP contribution in [-0.4, -0.2) is 49.4 Å². The molecule has 0 bridgehead atoms. The van der Waals surface area contributed by atoms with Crippen LogP contribution in [0.1, 0.15) is 15.2 Å². The largest absolute Gasteiger partial charge is 0.497 e. The summed E-state index contributed by atoms with van der Waals surface area (Å²) in [5.74, 6) is 0.283. The van der Waals surface area contributed by atoms with Crippen molar-refractivity contribution >= 4 is 33.2 Å². The van der Waals surface area contributed by atoms with E-state index in [1.165, 1.54) is 26.2 Å². The van der Waals surface area contributed by atoms with E-state index in [0.29, 0.717) is 22.0 Å². The molecule has 29 heavy (non-hydrogen) atoms. The number of nitrogens with zero attached hydrogens (tertiary/aromatic N) is 3. The van der Waals surface area contributed by atoms with Crippen molar-refractivity contribution in [2.45, 2.75) is 11.8 Å². The molecule has 10 heteroatoms. The number of sulfonamides is 1. The lowest BCUT2D eigenvalue weighted by Gasteiger charge is -2.14. The molecule has 0 aliphatic heterocycles. The van der Waals surface area contributed by atoms with Crippen molar-refractivity contribution in [1.82, 2.24) is 13.9 Å². The summed E-state index contributed by atoms with van der Waals surface area (Å²) < 4.78 is 34.9. The van der Waals surface area contributed by atoms with Gasteiger partial charge in [0.1, 0.15) is 16.3 Å². The van der Waals surface area contributed by atoms with Gasteiger partial charge in [-0.3, -0.25) is 4.79 Å². The maximum Gasteiger partial charge on any atom is 0.269 e. The molecule has 0 spiro atoms. The van der Waals surface area contributed by atoms with E-state index in [-0.39, 0.29) is 4.90 Å². The minimum atomic E-state index is -3.62. The third-order valence-corrected chi connectivity index (χ3v) is 6.83. The second-order valence-electron chi connectivity index (χ2n) is 6.40. The fourth-order valence-corrected chi connectivity index (χ4v) is 4.08. The molecule has 3 aromatic rings. The first-order chi connectivity index (χ1) is 13.7. The molecule has 1 N–H and O–H groups in total. The first-order valence-corrected chi connectivity index (χ1v) is 10.8. The maximum absolute atomic E-state index is 12.9. The normalized spacial score (nSPS) is 11.5. The topological polar surface area (TPSA) is 101 Å². The van der Waals surface area contributed by atoms with Crippen LogP contribution in [0.15, 0.2) is 47.4 Å². The second-order valence-corrected chi connectivity index (χ2v) is 9.30. The summed E-state index contributed by atoms with van der Waals surface area (Å²) in [5.41, 5.74) is 2.32. The number of ether oxygens (including phenoxy) is 1. The molecule has 0 saturated carbocycles. The second kappa shape index (κ2) is 8.27. The summed E-state index contributed by atoms with van der Waals surface area (Å²) in [4.78, 5) is 13.3. The first-order valence-electron chi connectivity index (χ1n) is 8.55. The van der Waals surface area contributed by atoms with E-state index in [1.54, 1.807) is 44.4 Å². The van der Waals surface area contributed by atoms with Crippen molar-refractivity contribution in [3.05, 3.63) is 52.9 Å². The van der Waals surface area contributed by atoms with Crippen LogP contribution in [0.25, 0.3) is 11.3 Å². The van der Waals surface area contributed by atoms with Crippen molar-refractivity contribution in [2.24, 2.45) is 0 Å². The zero-order valence-corrected chi connectivity index (χ0v) is 18.0. The smallest absolute Gasteiger partial charge is 0.269 e. The van der Waals surface area contributed by atoms with Crippen LogP contribution in [-0.2, 0) is 10.0 Å². The van der Waals surface area contributed by atoms with Gasteiger partial charge in [0.15, 0.2) is 0 Å². The molecule has 152 valence electrons. The molecule has 0 aliphatic rings. The number of hydrogen-bond donors (Lipinski definition) is 1. The maximum atomic E-state index is 12.9. The molecule has 0 saturated heterocycles. The minimum absolute atomic E-state index is 0.0983. The summed E-state index contributed by atoms with van der Waals surface area (Å²) in [6.07, 6.45) is 0. The van der Waals surface area contributed by atoms with Gasteiger partial charge in [-0.1, -0.05) is 10.6 Å². The minimum Gasteiger partial charge on any atom is -0.497 e. The van der Waals surface area contributed by atoms with E-state index < -0.39 is 15.9 Å². The van der Waals surface area contributed by atoms with Gasteiger partial charge >= 0.3 is 0 Å². The lowest BCUT2D eigenvalue weighted by atomic mass is 10.1. The Balaban J connectivity index is 1.91. The Bertz CT molecular complexity index is 1140. The monoisotopic (exact) mass is 432 g/mol. The van der Waals surface area contributed by atoms with Crippen LogP contribution in [0.2, 0.25) is 0 Å². The number of carbonyl (C=O) groups excluding carboxylic acids is 1. The molecule has 0 fully saturated rings. The molecule has 0 unspecified atom stereocenters. The van der Waals surface area contributed by atoms with Gasteiger partial charge in [0.05, 0.1) is 12.0 Å². The van der Waals surface area contributed by atoms with Crippen molar-refractivity contribution < 1.29 is 17.9 Å². The van der Waals surface area contributed by atoms with Crippen LogP contribution in [0, 0.1) is 6.92 Å². The van der Waals surface area contributed by atoms with E-state index in [9.17, 15) is 13.2 Å². The quantitative estimate of drug-likeness (QED) is 0.642. The van der Waals surface area contributed by atoms with Gasteiger partial charge in [0.25, 0.3) is 5.91 Å².